The topological polar surface area (TPSA) is 57.7 Å². The predicted octanol–water partition coefficient (Wildman–Crippen LogP) is 3.88. The molecule has 30 heavy (non-hydrogen) atoms. The minimum Gasteiger partial charge on any atom is -0.343 e. The third-order valence-corrected chi connectivity index (χ3v) is 6.99. The molecule has 1 saturated heterocycles. The van der Waals surface area contributed by atoms with Gasteiger partial charge in [-0.1, -0.05) is 55.8 Å². The van der Waals surface area contributed by atoms with Gasteiger partial charge in [0.2, 0.25) is 17.7 Å². The Morgan fingerprint density at radius 1 is 1.00 bits per heavy atom. The molecule has 0 spiro atoms. The Kier molecular flexibility index (Phi) is 5.81. The number of allylic oxidation sites excluding steroid dienone is 2. The minimum atomic E-state index is -0.528. The van der Waals surface area contributed by atoms with Gasteiger partial charge in [-0.3, -0.25) is 19.3 Å². The first-order chi connectivity index (χ1) is 14.5. The van der Waals surface area contributed by atoms with Gasteiger partial charge in [0.1, 0.15) is 0 Å². The smallest absolute Gasteiger partial charge is 0.234 e. The number of aryl methyl sites for hydroxylation is 1. The predicted molar refractivity (Wildman–Crippen MR) is 115 cm³/mol. The Hall–Kier alpha value is -2.43. The highest BCUT2D eigenvalue weighted by molar-refractivity contribution is 6.07. The monoisotopic (exact) mass is 408 g/mol. The molecule has 1 heterocycles. The summed E-state index contributed by atoms with van der Waals surface area (Å²) in [7, 11) is 0. The lowest BCUT2D eigenvalue weighted by Crippen LogP contribution is -2.41. The van der Waals surface area contributed by atoms with Crippen molar-refractivity contribution in [3.63, 3.8) is 0 Å². The second-order valence-electron chi connectivity index (χ2n) is 9.06. The fourth-order valence-electron chi connectivity index (χ4n) is 5.57. The summed E-state index contributed by atoms with van der Waals surface area (Å²) in [6.07, 6.45) is 7.06. The number of hydrogen-bond donors (Lipinski definition) is 0. The van der Waals surface area contributed by atoms with Crippen LogP contribution in [0.4, 0.5) is 0 Å². The average Bonchev–Trinajstić information content (AvgIpc) is 3.41. The van der Waals surface area contributed by atoms with Gasteiger partial charge in [-0.25, -0.2) is 0 Å². The maximum atomic E-state index is 13.4. The summed E-state index contributed by atoms with van der Waals surface area (Å²) in [5, 5.41) is 0. The number of carbonyl (C=O) groups excluding carboxylic acids is 3. The first-order valence-electron chi connectivity index (χ1n) is 11.4. The SMILES string of the molecule is CCCN(CCC)C(=O)CC(c1ccc(C)cc1)N1C(=O)C2C3C=CC(C3)C2C1=O. The van der Waals surface area contributed by atoms with Crippen molar-refractivity contribution in [1.29, 1.82) is 0 Å². The van der Waals surface area contributed by atoms with Crippen molar-refractivity contribution in [2.24, 2.45) is 23.7 Å². The van der Waals surface area contributed by atoms with E-state index in [-0.39, 0.29) is 47.8 Å². The number of imide groups is 1. The van der Waals surface area contributed by atoms with Crippen LogP contribution in [0.5, 0.6) is 0 Å². The Balaban J connectivity index is 1.64. The van der Waals surface area contributed by atoms with E-state index in [1.165, 1.54) is 4.90 Å². The number of likely N-dealkylation sites (tertiary alicyclic amines) is 1. The standard InChI is InChI=1S/C25H32N2O3/c1-4-12-26(13-5-2)21(28)15-20(17-8-6-16(3)7-9-17)27-24(29)22-18-10-11-19(14-18)23(22)25(27)30/h6-11,18-20,22-23H,4-5,12-15H2,1-3H3. The normalized spacial score (nSPS) is 27.6. The molecule has 4 rings (SSSR count). The molecule has 0 aromatic heterocycles. The zero-order chi connectivity index (χ0) is 21.4. The van der Waals surface area contributed by atoms with Crippen LogP contribution < -0.4 is 0 Å². The molecule has 5 atom stereocenters. The van der Waals surface area contributed by atoms with Crippen molar-refractivity contribution in [1.82, 2.24) is 9.80 Å². The molecule has 1 aliphatic heterocycles. The van der Waals surface area contributed by atoms with Crippen LogP contribution in [0.1, 0.15) is 56.7 Å². The Labute approximate surface area is 179 Å². The summed E-state index contributed by atoms with van der Waals surface area (Å²) in [6, 6.07) is 7.36. The molecule has 1 aromatic rings. The zero-order valence-electron chi connectivity index (χ0n) is 18.2. The fraction of sp³-hybridized carbons (Fsp3) is 0.560. The van der Waals surface area contributed by atoms with Crippen LogP contribution in [0.15, 0.2) is 36.4 Å². The summed E-state index contributed by atoms with van der Waals surface area (Å²) >= 11 is 0. The summed E-state index contributed by atoms with van der Waals surface area (Å²) < 4.78 is 0. The van der Waals surface area contributed by atoms with Crippen LogP contribution in [0.3, 0.4) is 0 Å². The Morgan fingerprint density at radius 3 is 2.03 bits per heavy atom. The molecule has 160 valence electrons. The van der Waals surface area contributed by atoms with Gasteiger partial charge in [-0.15, -0.1) is 0 Å². The van der Waals surface area contributed by atoms with Gasteiger partial charge in [0.05, 0.1) is 24.3 Å². The molecule has 2 aliphatic carbocycles. The number of fused-ring (bicyclic) bond motifs is 5. The lowest BCUT2D eigenvalue weighted by molar-refractivity contribution is -0.145. The van der Waals surface area contributed by atoms with Gasteiger partial charge in [-0.05, 0) is 43.6 Å². The second kappa shape index (κ2) is 8.37. The molecule has 5 unspecified atom stereocenters. The molecule has 0 radical (unpaired) electrons. The summed E-state index contributed by atoms with van der Waals surface area (Å²) in [5.74, 6) is -0.283. The van der Waals surface area contributed by atoms with E-state index >= 15 is 0 Å². The van der Waals surface area contributed by atoms with Crippen LogP contribution >= 0.6 is 0 Å². The molecular formula is C25H32N2O3. The van der Waals surface area contributed by atoms with Gasteiger partial charge in [0.25, 0.3) is 0 Å². The number of hydrogen-bond acceptors (Lipinski definition) is 3. The average molecular weight is 409 g/mol. The number of nitrogens with zero attached hydrogens (tertiary/aromatic N) is 2. The second-order valence-corrected chi connectivity index (χ2v) is 9.06. The van der Waals surface area contributed by atoms with Crippen LogP contribution in [0, 0.1) is 30.6 Å². The lowest BCUT2D eigenvalue weighted by atomic mass is 9.85. The zero-order valence-corrected chi connectivity index (χ0v) is 18.2. The maximum Gasteiger partial charge on any atom is 0.234 e. The van der Waals surface area contributed by atoms with E-state index in [4.69, 9.17) is 0 Å². The van der Waals surface area contributed by atoms with E-state index in [2.05, 4.69) is 26.0 Å². The van der Waals surface area contributed by atoms with Crippen LogP contribution in [0.2, 0.25) is 0 Å². The molecule has 1 saturated carbocycles. The van der Waals surface area contributed by atoms with E-state index in [9.17, 15) is 14.4 Å². The quantitative estimate of drug-likeness (QED) is 0.484. The first kappa shape index (κ1) is 20.8. The van der Waals surface area contributed by atoms with Crippen LogP contribution in [-0.4, -0.2) is 40.6 Å². The first-order valence-corrected chi connectivity index (χ1v) is 11.4. The summed E-state index contributed by atoms with van der Waals surface area (Å²) in [5.41, 5.74) is 1.98. The Morgan fingerprint density at radius 2 is 1.53 bits per heavy atom. The van der Waals surface area contributed by atoms with Crippen LogP contribution in [-0.2, 0) is 14.4 Å². The van der Waals surface area contributed by atoms with Gasteiger partial charge < -0.3 is 4.90 Å². The van der Waals surface area contributed by atoms with E-state index in [1.807, 2.05) is 36.1 Å². The minimum absolute atomic E-state index is 0.0167. The van der Waals surface area contributed by atoms with Crippen molar-refractivity contribution in [2.75, 3.05) is 13.1 Å². The highest BCUT2D eigenvalue weighted by Crippen LogP contribution is 2.54. The molecule has 2 bridgehead atoms. The van der Waals surface area contributed by atoms with Crippen molar-refractivity contribution in [3.8, 4) is 0 Å². The Bertz CT molecular complexity index is 824. The largest absolute Gasteiger partial charge is 0.343 e. The lowest BCUT2D eigenvalue weighted by Gasteiger charge is -2.30. The number of amides is 3. The van der Waals surface area contributed by atoms with Crippen molar-refractivity contribution in [3.05, 3.63) is 47.5 Å². The highest BCUT2D eigenvalue weighted by Gasteiger charge is 2.60. The highest BCUT2D eigenvalue weighted by atomic mass is 16.2. The summed E-state index contributed by atoms with van der Waals surface area (Å²) in [4.78, 5) is 43.3. The maximum absolute atomic E-state index is 13.4. The molecule has 0 N–H and O–H groups in total. The van der Waals surface area contributed by atoms with E-state index in [1.54, 1.807) is 0 Å². The van der Waals surface area contributed by atoms with Crippen LogP contribution in [0.25, 0.3) is 0 Å². The molecule has 3 aliphatic rings. The molecule has 2 fully saturated rings. The number of rotatable bonds is 8. The number of carbonyl (C=O) groups is 3. The van der Waals surface area contributed by atoms with E-state index in [0.29, 0.717) is 13.1 Å². The van der Waals surface area contributed by atoms with Crippen molar-refractivity contribution >= 4 is 17.7 Å². The fourth-order valence-corrected chi connectivity index (χ4v) is 5.57. The van der Waals surface area contributed by atoms with Crippen molar-refractivity contribution in [2.45, 2.75) is 52.5 Å². The third-order valence-electron chi connectivity index (χ3n) is 6.99. The third kappa shape index (κ3) is 3.48. The van der Waals surface area contributed by atoms with Gasteiger partial charge in [-0.2, -0.15) is 0 Å². The van der Waals surface area contributed by atoms with Crippen molar-refractivity contribution < 1.29 is 14.4 Å². The summed E-state index contributed by atoms with van der Waals surface area (Å²) in [6.45, 7) is 7.53. The van der Waals surface area contributed by atoms with E-state index in [0.717, 1.165) is 30.4 Å². The van der Waals surface area contributed by atoms with Gasteiger partial charge in [0.15, 0.2) is 0 Å². The molecule has 5 nitrogen and oxygen atoms in total. The van der Waals surface area contributed by atoms with Gasteiger partial charge >= 0.3 is 0 Å². The van der Waals surface area contributed by atoms with Gasteiger partial charge in [0, 0.05) is 13.1 Å². The van der Waals surface area contributed by atoms with E-state index < -0.39 is 6.04 Å². The molecule has 5 heteroatoms. The number of benzene rings is 1. The molecule has 1 aromatic carbocycles. The molecule has 3 amide bonds. The molecular weight excluding hydrogens is 376 g/mol.